The van der Waals surface area contributed by atoms with E-state index in [0.29, 0.717) is 6.04 Å². The molecule has 0 amide bonds. The average Bonchev–Trinajstić information content (AvgIpc) is 3.48. The molecule has 156 valence electrons. The van der Waals surface area contributed by atoms with Crippen molar-refractivity contribution in [1.82, 2.24) is 15.5 Å². The number of benzene rings is 1. The fourth-order valence-electron chi connectivity index (χ4n) is 3.78. The summed E-state index contributed by atoms with van der Waals surface area (Å²) in [5.74, 6) is 2.95. The van der Waals surface area contributed by atoms with E-state index < -0.39 is 0 Å². The average molecular weight is 413 g/mol. The van der Waals surface area contributed by atoms with Crippen molar-refractivity contribution >= 4 is 17.7 Å². The lowest BCUT2D eigenvalue weighted by Gasteiger charge is -2.33. The number of nitrogens with zero attached hydrogens (tertiary/aromatic N) is 2. The second kappa shape index (κ2) is 10.7. The lowest BCUT2D eigenvalue weighted by Crippen LogP contribution is -2.49. The van der Waals surface area contributed by atoms with Crippen LogP contribution in [0.2, 0.25) is 0 Å². The van der Waals surface area contributed by atoms with Crippen LogP contribution in [0.1, 0.15) is 31.4 Å². The number of hydrogen-bond donors (Lipinski definition) is 2. The Labute approximate surface area is 178 Å². The second-order valence-electron chi connectivity index (χ2n) is 7.83. The lowest BCUT2D eigenvalue weighted by atomic mass is 10.1. The SMILES string of the molecule is c1ccc(SCCNC(=NCCc2ccco2)NC2CCN(C3CC3)CC2)cc1. The van der Waals surface area contributed by atoms with Gasteiger partial charge in [-0.25, -0.2) is 0 Å². The van der Waals surface area contributed by atoms with Gasteiger partial charge in [0.2, 0.25) is 0 Å². The van der Waals surface area contributed by atoms with Crippen LogP contribution in [-0.2, 0) is 6.42 Å². The molecule has 6 heteroatoms. The maximum absolute atomic E-state index is 5.43. The second-order valence-corrected chi connectivity index (χ2v) is 9.00. The predicted octanol–water partition coefficient (Wildman–Crippen LogP) is 3.78. The molecule has 1 saturated heterocycles. The highest BCUT2D eigenvalue weighted by Crippen LogP contribution is 2.29. The Morgan fingerprint density at radius 3 is 2.62 bits per heavy atom. The minimum atomic E-state index is 0.515. The van der Waals surface area contributed by atoms with Crippen LogP contribution in [0.25, 0.3) is 0 Å². The number of nitrogens with one attached hydrogen (secondary N) is 2. The molecule has 29 heavy (non-hydrogen) atoms. The summed E-state index contributed by atoms with van der Waals surface area (Å²) < 4.78 is 5.43. The highest BCUT2D eigenvalue weighted by atomic mass is 32.2. The van der Waals surface area contributed by atoms with Gasteiger partial charge in [-0.3, -0.25) is 4.99 Å². The van der Waals surface area contributed by atoms with E-state index in [1.54, 1.807) is 6.26 Å². The maximum atomic E-state index is 5.43. The number of rotatable bonds is 9. The van der Waals surface area contributed by atoms with Crippen LogP contribution in [-0.4, -0.2) is 54.9 Å². The highest BCUT2D eigenvalue weighted by molar-refractivity contribution is 7.99. The molecule has 1 aromatic carbocycles. The van der Waals surface area contributed by atoms with E-state index in [1.807, 2.05) is 23.9 Å². The van der Waals surface area contributed by atoms with Gasteiger partial charge in [-0.05, 0) is 49.9 Å². The summed E-state index contributed by atoms with van der Waals surface area (Å²) in [5, 5.41) is 7.22. The van der Waals surface area contributed by atoms with E-state index in [1.165, 1.54) is 43.7 Å². The zero-order valence-corrected chi connectivity index (χ0v) is 17.9. The molecule has 2 aromatic rings. The van der Waals surface area contributed by atoms with Crippen molar-refractivity contribution in [3.63, 3.8) is 0 Å². The van der Waals surface area contributed by atoms with E-state index >= 15 is 0 Å². The zero-order chi connectivity index (χ0) is 19.7. The number of thioether (sulfide) groups is 1. The number of hydrogen-bond acceptors (Lipinski definition) is 4. The maximum Gasteiger partial charge on any atom is 0.191 e. The van der Waals surface area contributed by atoms with Gasteiger partial charge in [-0.2, -0.15) is 0 Å². The number of furan rings is 1. The van der Waals surface area contributed by atoms with Gasteiger partial charge in [-0.15, -0.1) is 11.8 Å². The summed E-state index contributed by atoms with van der Waals surface area (Å²) >= 11 is 1.87. The van der Waals surface area contributed by atoms with E-state index in [-0.39, 0.29) is 0 Å². The summed E-state index contributed by atoms with van der Waals surface area (Å²) in [7, 11) is 0. The Bertz CT molecular complexity index is 738. The topological polar surface area (TPSA) is 52.8 Å². The van der Waals surface area contributed by atoms with E-state index in [9.17, 15) is 0 Å². The molecule has 5 nitrogen and oxygen atoms in total. The fraction of sp³-hybridized carbons (Fsp3) is 0.522. The Morgan fingerprint density at radius 1 is 1.07 bits per heavy atom. The Hall–Kier alpha value is -1.92. The van der Waals surface area contributed by atoms with E-state index in [0.717, 1.165) is 43.0 Å². The molecule has 2 fully saturated rings. The summed E-state index contributed by atoms with van der Waals surface area (Å²) in [6.07, 6.45) is 7.77. The Balaban J connectivity index is 1.24. The van der Waals surface area contributed by atoms with E-state index in [2.05, 4.69) is 45.9 Å². The fourth-order valence-corrected chi connectivity index (χ4v) is 4.57. The van der Waals surface area contributed by atoms with Gasteiger partial charge < -0.3 is 20.0 Å². The highest BCUT2D eigenvalue weighted by Gasteiger charge is 2.31. The molecular weight excluding hydrogens is 380 g/mol. The standard InChI is InChI=1S/C23H32N4OS/c1-2-6-22(7-3-1)29-18-14-25-23(24-13-10-21-5-4-17-28-21)26-19-11-15-27(16-12-19)20-8-9-20/h1-7,17,19-20H,8-16,18H2,(H2,24,25,26). The van der Waals surface area contributed by atoms with Crippen molar-refractivity contribution in [2.75, 3.05) is 31.9 Å². The molecule has 1 aliphatic heterocycles. The van der Waals surface area contributed by atoms with Gasteiger partial charge in [0.15, 0.2) is 5.96 Å². The van der Waals surface area contributed by atoms with Crippen LogP contribution in [0.5, 0.6) is 0 Å². The molecule has 1 saturated carbocycles. The van der Waals surface area contributed by atoms with Crippen molar-refractivity contribution in [3.05, 3.63) is 54.5 Å². The summed E-state index contributed by atoms with van der Waals surface area (Å²) in [6, 6.07) is 15.9. The van der Waals surface area contributed by atoms with Crippen LogP contribution < -0.4 is 10.6 Å². The Kier molecular flexibility index (Phi) is 7.54. The van der Waals surface area contributed by atoms with Crippen LogP contribution in [0, 0.1) is 0 Å². The molecular formula is C23H32N4OS. The van der Waals surface area contributed by atoms with Crippen LogP contribution >= 0.6 is 11.8 Å². The summed E-state index contributed by atoms with van der Waals surface area (Å²) in [5.41, 5.74) is 0. The third-order valence-electron chi connectivity index (χ3n) is 5.55. The minimum Gasteiger partial charge on any atom is -0.469 e. The van der Waals surface area contributed by atoms with Crippen molar-refractivity contribution in [2.45, 2.75) is 49.1 Å². The molecule has 4 rings (SSSR count). The first kappa shape index (κ1) is 20.4. The molecule has 0 atom stereocenters. The molecule has 0 bridgehead atoms. The molecule has 0 radical (unpaired) electrons. The minimum absolute atomic E-state index is 0.515. The predicted molar refractivity (Wildman–Crippen MR) is 121 cm³/mol. The molecule has 2 aliphatic rings. The number of likely N-dealkylation sites (tertiary alicyclic amines) is 1. The summed E-state index contributed by atoms with van der Waals surface area (Å²) in [4.78, 5) is 8.79. The van der Waals surface area contributed by atoms with Gasteiger partial charge in [0.1, 0.15) is 5.76 Å². The Morgan fingerprint density at radius 2 is 1.90 bits per heavy atom. The van der Waals surface area contributed by atoms with Gasteiger partial charge in [0.05, 0.1) is 6.26 Å². The normalized spacial score (nSPS) is 18.7. The van der Waals surface area contributed by atoms with Crippen molar-refractivity contribution in [3.8, 4) is 0 Å². The monoisotopic (exact) mass is 412 g/mol. The first-order chi connectivity index (χ1) is 14.4. The summed E-state index contributed by atoms with van der Waals surface area (Å²) in [6.45, 7) is 4.06. The third kappa shape index (κ3) is 6.82. The number of guanidine groups is 1. The van der Waals surface area contributed by atoms with Gasteiger partial charge >= 0.3 is 0 Å². The molecule has 2 N–H and O–H groups in total. The van der Waals surface area contributed by atoms with Crippen LogP contribution in [0.15, 0.2) is 63.0 Å². The first-order valence-corrected chi connectivity index (χ1v) is 11.8. The van der Waals surface area contributed by atoms with Gasteiger partial charge in [0, 0.05) is 55.3 Å². The molecule has 2 heterocycles. The third-order valence-corrected chi connectivity index (χ3v) is 6.56. The van der Waals surface area contributed by atoms with Crippen LogP contribution in [0.4, 0.5) is 0 Å². The first-order valence-electron chi connectivity index (χ1n) is 10.9. The lowest BCUT2D eigenvalue weighted by molar-refractivity contribution is 0.197. The van der Waals surface area contributed by atoms with Gasteiger partial charge in [-0.1, -0.05) is 18.2 Å². The molecule has 0 unspecified atom stereocenters. The van der Waals surface area contributed by atoms with Crippen molar-refractivity contribution in [2.24, 2.45) is 4.99 Å². The molecule has 1 aromatic heterocycles. The van der Waals surface area contributed by atoms with Crippen molar-refractivity contribution in [1.29, 1.82) is 0 Å². The van der Waals surface area contributed by atoms with Crippen molar-refractivity contribution < 1.29 is 4.42 Å². The van der Waals surface area contributed by atoms with E-state index in [4.69, 9.17) is 9.41 Å². The smallest absolute Gasteiger partial charge is 0.191 e. The number of piperidine rings is 1. The quantitative estimate of drug-likeness (QED) is 0.284. The molecule has 1 aliphatic carbocycles. The van der Waals surface area contributed by atoms with Crippen LogP contribution in [0.3, 0.4) is 0 Å². The van der Waals surface area contributed by atoms with Gasteiger partial charge in [0.25, 0.3) is 0 Å². The zero-order valence-electron chi connectivity index (χ0n) is 17.1. The number of aliphatic imine (C=N–C) groups is 1. The largest absolute Gasteiger partial charge is 0.469 e. The molecule has 0 spiro atoms.